The lowest BCUT2D eigenvalue weighted by Crippen LogP contribution is -2.47. The van der Waals surface area contributed by atoms with E-state index >= 15 is 0 Å². The van der Waals surface area contributed by atoms with E-state index in [-0.39, 0.29) is 11.3 Å². The maximum atomic E-state index is 12.8. The Bertz CT molecular complexity index is 706. The van der Waals surface area contributed by atoms with Gasteiger partial charge in [0.05, 0.1) is 5.56 Å². The molecule has 5 heteroatoms. The maximum Gasteiger partial charge on any atom is 0.255 e. The van der Waals surface area contributed by atoms with Crippen molar-refractivity contribution in [2.75, 3.05) is 31.1 Å². The van der Waals surface area contributed by atoms with Gasteiger partial charge >= 0.3 is 0 Å². The summed E-state index contributed by atoms with van der Waals surface area (Å²) in [5, 5.41) is 0. The second-order valence-electron chi connectivity index (χ2n) is 6.93. The first-order valence-corrected chi connectivity index (χ1v) is 8.61. The number of carbonyl (C=O) groups excluding carboxylic acids is 1. The molecule has 2 aromatic rings. The van der Waals surface area contributed by atoms with Gasteiger partial charge in [-0.25, -0.2) is 4.98 Å². The molecule has 0 N–H and O–H groups in total. The molecule has 2 aliphatic rings. The predicted molar refractivity (Wildman–Crippen MR) is 92.9 cm³/mol. The van der Waals surface area contributed by atoms with Crippen molar-refractivity contribution in [1.82, 2.24) is 14.9 Å². The van der Waals surface area contributed by atoms with Crippen LogP contribution in [0.15, 0.2) is 48.9 Å². The van der Waals surface area contributed by atoms with E-state index in [0.717, 1.165) is 44.8 Å². The number of hydrogen-bond donors (Lipinski definition) is 0. The highest BCUT2D eigenvalue weighted by atomic mass is 16.2. The van der Waals surface area contributed by atoms with Crippen LogP contribution in [-0.4, -0.2) is 47.0 Å². The Morgan fingerprint density at radius 2 is 2.00 bits per heavy atom. The topological polar surface area (TPSA) is 49.3 Å². The molecule has 2 saturated heterocycles. The standard InChI is InChI=1S/C19H22N4O/c24-18(16-5-3-9-20-13-16)23-11-4-7-19(15-23)8-12-22(14-19)17-6-1-2-10-21-17/h1-3,5-6,9-10,13H,4,7-8,11-12,14-15H2/t19-/m1/s1. The van der Waals surface area contributed by atoms with Crippen molar-refractivity contribution >= 4 is 11.7 Å². The SMILES string of the molecule is O=C(c1cccnc1)N1CCC[C@]2(CCN(c3ccccn3)C2)C1. The van der Waals surface area contributed by atoms with Crippen LogP contribution in [0.3, 0.4) is 0 Å². The Morgan fingerprint density at radius 3 is 2.79 bits per heavy atom. The molecular formula is C19H22N4O. The van der Waals surface area contributed by atoms with E-state index in [1.807, 2.05) is 35.4 Å². The quantitative estimate of drug-likeness (QED) is 0.853. The molecule has 1 amide bonds. The average Bonchev–Trinajstić information content (AvgIpc) is 3.06. The first-order chi connectivity index (χ1) is 11.8. The Balaban J connectivity index is 1.48. The minimum Gasteiger partial charge on any atom is -0.356 e. The number of anilines is 1. The first kappa shape index (κ1) is 15.1. The minimum atomic E-state index is 0.110. The molecule has 5 nitrogen and oxygen atoms in total. The van der Waals surface area contributed by atoms with Crippen LogP contribution in [0.1, 0.15) is 29.6 Å². The second kappa shape index (κ2) is 6.23. The highest BCUT2D eigenvalue weighted by Crippen LogP contribution is 2.40. The van der Waals surface area contributed by atoms with Gasteiger partial charge in [0.2, 0.25) is 0 Å². The molecule has 0 bridgehead atoms. The summed E-state index contributed by atoms with van der Waals surface area (Å²) in [4.78, 5) is 25.7. The van der Waals surface area contributed by atoms with E-state index in [1.54, 1.807) is 12.4 Å². The number of amides is 1. The molecule has 0 unspecified atom stereocenters. The molecule has 0 radical (unpaired) electrons. The van der Waals surface area contributed by atoms with E-state index in [4.69, 9.17) is 0 Å². The molecule has 1 atom stereocenters. The number of likely N-dealkylation sites (tertiary alicyclic amines) is 1. The Morgan fingerprint density at radius 1 is 1.04 bits per heavy atom. The molecule has 124 valence electrons. The average molecular weight is 322 g/mol. The monoisotopic (exact) mass is 322 g/mol. The van der Waals surface area contributed by atoms with Gasteiger partial charge in [0.15, 0.2) is 0 Å². The van der Waals surface area contributed by atoms with E-state index in [1.165, 1.54) is 6.42 Å². The summed E-state index contributed by atoms with van der Waals surface area (Å²) in [5.74, 6) is 1.16. The fraction of sp³-hybridized carbons (Fsp3) is 0.421. The number of carbonyl (C=O) groups is 1. The van der Waals surface area contributed by atoms with Gasteiger partial charge in [0.1, 0.15) is 5.82 Å². The van der Waals surface area contributed by atoms with Crippen LogP contribution >= 0.6 is 0 Å². The van der Waals surface area contributed by atoms with Crippen molar-refractivity contribution in [3.8, 4) is 0 Å². The van der Waals surface area contributed by atoms with Crippen LogP contribution < -0.4 is 4.90 Å². The fourth-order valence-electron chi connectivity index (χ4n) is 4.06. The van der Waals surface area contributed by atoms with E-state index < -0.39 is 0 Å². The van der Waals surface area contributed by atoms with Crippen LogP contribution in [0.4, 0.5) is 5.82 Å². The minimum absolute atomic E-state index is 0.110. The van der Waals surface area contributed by atoms with Crippen molar-refractivity contribution in [3.63, 3.8) is 0 Å². The number of hydrogen-bond acceptors (Lipinski definition) is 4. The predicted octanol–water partition coefficient (Wildman–Crippen LogP) is 2.61. The molecule has 1 spiro atoms. The molecule has 2 aliphatic heterocycles. The van der Waals surface area contributed by atoms with Gasteiger partial charge in [-0.2, -0.15) is 0 Å². The van der Waals surface area contributed by atoms with Crippen molar-refractivity contribution in [1.29, 1.82) is 0 Å². The molecule has 4 rings (SSSR count). The van der Waals surface area contributed by atoms with Gasteiger partial charge < -0.3 is 9.80 Å². The molecule has 2 fully saturated rings. The van der Waals surface area contributed by atoms with Crippen LogP contribution in [0.25, 0.3) is 0 Å². The highest BCUT2D eigenvalue weighted by molar-refractivity contribution is 5.94. The fourth-order valence-corrected chi connectivity index (χ4v) is 4.06. The van der Waals surface area contributed by atoms with E-state index in [2.05, 4.69) is 20.9 Å². The number of nitrogens with zero attached hydrogens (tertiary/aromatic N) is 4. The zero-order valence-electron chi connectivity index (χ0n) is 13.8. The van der Waals surface area contributed by atoms with Crippen molar-refractivity contribution < 1.29 is 4.79 Å². The smallest absolute Gasteiger partial charge is 0.255 e. The Labute approximate surface area is 142 Å². The summed E-state index contributed by atoms with van der Waals surface area (Å²) in [7, 11) is 0. The number of rotatable bonds is 2. The third-order valence-corrected chi connectivity index (χ3v) is 5.27. The zero-order chi connectivity index (χ0) is 16.4. The maximum absolute atomic E-state index is 12.8. The largest absolute Gasteiger partial charge is 0.356 e. The van der Waals surface area contributed by atoms with Gasteiger partial charge in [-0.3, -0.25) is 9.78 Å². The Hall–Kier alpha value is -2.43. The van der Waals surface area contributed by atoms with Crippen LogP contribution in [0, 0.1) is 5.41 Å². The molecule has 0 saturated carbocycles. The molecule has 2 aromatic heterocycles. The van der Waals surface area contributed by atoms with Crippen molar-refractivity contribution in [2.45, 2.75) is 19.3 Å². The summed E-state index contributed by atoms with van der Waals surface area (Å²) in [6, 6.07) is 9.73. The number of pyridine rings is 2. The van der Waals surface area contributed by atoms with Gasteiger partial charge in [0.25, 0.3) is 5.91 Å². The summed E-state index contributed by atoms with van der Waals surface area (Å²) in [6.45, 7) is 3.69. The van der Waals surface area contributed by atoms with Crippen molar-refractivity contribution in [2.24, 2.45) is 5.41 Å². The molecule has 0 aromatic carbocycles. The van der Waals surface area contributed by atoms with Crippen LogP contribution in [0.5, 0.6) is 0 Å². The number of aromatic nitrogens is 2. The summed E-state index contributed by atoms with van der Waals surface area (Å²) in [6.07, 6.45) is 8.60. The van der Waals surface area contributed by atoms with Gasteiger partial charge in [-0.15, -0.1) is 0 Å². The lowest BCUT2D eigenvalue weighted by atomic mass is 9.79. The normalized spacial score (nSPS) is 23.7. The van der Waals surface area contributed by atoms with Gasteiger partial charge in [-0.1, -0.05) is 6.07 Å². The van der Waals surface area contributed by atoms with E-state index in [0.29, 0.717) is 5.56 Å². The first-order valence-electron chi connectivity index (χ1n) is 8.61. The molecule has 4 heterocycles. The van der Waals surface area contributed by atoms with Gasteiger partial charge in [0, 0.05) is 50.2 Å². The van der Waals surface area contributed by atoms with Crippen LogP contribution in [0.2, 0.25) is 0 Å². The molecule has 0 aliphatic carbocycles. The number of piperidine rings is 1. The second-order valence-corrected chi connectivity index (χ2v) is 6.93. The van der Waals surface area contributed by atoms with Crippen LogP contribution in [-0.2, 0) is 0 Å². The Kier molecular flexibility index (Phi) is 3.92. The van der Waals surface area contributed by atoms with E-state index in [9.17, 15) is 4.79 Å². The zero-order valence-corrected chi connectivity index (χ0v) is 13.8. The lowest BCUT2D eigenvalue weighted by Gasteiger charge is -2.40. The summed E-state index contributed by atoms with van der Waals surface area (Å²) >= 11 is 0. The lowest BCUT2D eigenvalue weighted by molar-refractivity contribution is 0.0556. The molecular weight excluding hydrogens is 300 g/mol. The summed E-state index contributed by atoms with van der Waals surface area (Å²) in [5.41, 5.74) is 0.891. The molecule has 24 heavy (non-hydrogen) atoms. The summed E-state index contributed by atoms with van der Waals surface area (Å²) < 4.78 is 0. The third-order valence-electron chi connectivity index (χ3n) is 5.27. The third kappa shape index (κ3) is 2.86. The highest BCUT2D eigenvalue weighted by Gasteiger charge is 2.42. The van der Waals surface area contributed by atoms with Crippen molar-refractivity contribution in [3.05, 3.63) is 54.5 Å². The van der Waals surface area contributed by atoms with Gasteiger partial charge in [-0.05, 0) is 43.5 Å².